The molecule has 3 heterocycles. The van der Waals surface area contributed by atoms with Gasteiger partial charge in [-0.25, -0.2) is 14.7 Å². The highest BCUT2D eigenvalue weighted by Crippen LogP contribution is 2.46. The summed E-state index contributed by atoms with van der Waals surface area (Å²) in [5.74, 6) is -2.87. The maximum Gasteiger partial charge on any atom is 0.425 e. The molecule has 0 aromatic heterocycles. The number of fused-ring (bicyclic) bond motifs is 3. The highest BCUT2D eigenvalue weighted by molar-refractivity contribution is 6.25. The van der Waals surface area contributed by atoms with E-state index in [-0.39, 0.29) is 13.2 Å². The van der Waals surface area contributed by atoms with Gasteiger partial charge in [-0.05, 0) is 24.6 Å². The summed E-state index contributed by atoms with van der Waals surface area (Å²) in [5.41, 5.74) is 1.18. The van der Waals surface area contributed by atoms with Gasteiger partial charge in [-0.15, -0.1) is 0 Å². The van der Waals surface area contributed by atoms with Gasteiger partial charge in [0.15, 0.2) is 0 Å². The summed E-state index contributed by atoms with van der Waals surface area (Å²) in [6.07, 6.45) is -0.768. The number of rotatable bonds is 4. The van der Waals surface area contributed by atoms with Crippen molar-refractivity contribution in [3.63, 3.8) is 0 Å². The van der Waals surface area contributed by atoms with Crippen LogP contribution in [-0.2, 0) is 23.9 Å². The standard InChI is InChI=1S/C23H21N3O6/c1-2-31-22(29)19-17-18(21(28)24(20(17)27)15-11-7-4-8-12-15)26-23(30)32-13-16(25(19)26)14-9-5-3-6-10-14/h3-12,16-19H,2,13H2,1H3/t16-,17+,18+,19+/m0/s1. The summed E-state index contributed by atoms with van der Waals surface area (Å²) >= 11 is 0. The predicted molar refractivity (Wildman–Crippen MR) is 111 cm³/mol. The Morgan fingerprint density at radius 3 is 2.31 bits per heavy atom. The molecule has 0 aliphatic carbocycles. The van der Waals surface area contributed by atoms with E-state index in [0.29, 0.717) is 5.69 Å². The molecule has 4 atom stereocenters. The zero-order valence-electron chi connectivity index (χ0n) is 17.3. The summed E-state index contributed by atoms with van der Waals surface area (Å²) in [7, 11) is 0. The fourth-order valence-corrected chi connectivity index (χ4v) is 4.77. The molecule has 3 aliphatic rings. The molecule has 0 bridgehead atoms. The van der Waals surface area contributed by atoms with Crippen LogP contribution in [0.4, 0.5) is 10.5 Å². The third-order valence-corrected chi connectivity index (χ3v) is 6.05. The number of carbonyl (C=O) groups excluding carboxylic acids is 4. The van der Waals surface area contributed by atoms with Crippen LogP contribution in [0.2, 0.25) is 0 Å². The fraction of sp³-hybridized carbons (Fsp3) is 0.304. The van der Waals surface area contributed by atoms with Gasteiger partial charge < -0.3 is 9.47 Å². The maximum absolute atomic E-state index is 13.5. The Morgan fingerprint density at radius 2 is 1.66 bits per heavy atom. The van der Waals surface area contributed by atoms with Gasteiger partial charge in [0.05, 0.1) is 24.3 Å². The van der Waals surface area contributed by atoms with E-state index in [4.69, 9.17) is 9.47 Å². The highest BCUT2D eigenvalue weighted by atomic mass is 16.6. The molecule has 3 fully saturated rings. The Bertz CT molecular complexity index is 1080. The molecule has 0 saturated carbocycles. The van der Waals surface area contributed by atoms with Crippen molar-refractivity contribution in [1.82, 2.24) is 10.0 Å². The smallest absolute Gasteiger partial charge is 0.425 e. The molecule has 3 saturated heterocycles. The molecule has 5 rings (SSSR count). The van der Waals surface area contributed by atoms with Crippen LogP contribution in [0.3, 0.4) is 0 Å². The summed E-state index contributed by atoms with van der Waals surface area (Å²) in [5, 5.41) is 2.64. The molecule has 0 spiro atoms. The lowest BCUT2D eigenvalue weighted by Crippen LogP contribution is -2.58. The second-order valence-electron chi connectivity index (χ2n) is 7.74. The average molecular weight is 435 g/mol. The van der Waals surface area contributed by atoms with Gasteiger partial charge >= 0.3 is 12.1 Å². The third kappa shape index (κ3) is 2.89. The molecule has 164 valence electrons. The lowest BCUT2D eigenvalue weighted by Gasteiger charge is -2.42. The molecule has 9 nitrogen and oxygen atoms in total. The van der Waals surface area contributed by atoms with Crippen molar-refractivity contribution >= 4 is 29.6 Å². The second-order valence-corrected chi connectivity index (χ2v) is 7.74. The van der Waals surface area contributed by atoms with Crippen LogP contribution in [0, 0.1) is 5.92 Å². The Labute approximate surface area is 184 Å². The first-order valence-corrected chi connectivity index (χ1v) is 10.4. The van der Waals surface area contributed by atoms with Crippen molar-refractivity contribution < 1.29 is 28.7 Å². The van der Waals surface area contributed by atoms with Gasteiger partial charge in [-0.3, -0.25) is 14.4 Å². The first-order valence-electron chi connectivity index (χ1n) is 10.4. The molecule has 0 N–H and O–H groups in total. The Morgan fingerprint density at radius 1 is 1.00 bits per heavy atom. The normalized spacial score (nSPS) is 27.2. The Balaban J connectivity index is 1.62. The van der Waals surface area contributed by atoms with E-state index in [1.807, 2.05) is 30.3 Å². The minimum atomic E-state index is -1.18. The van der Waals surface area contributed by atoms with Crippen molar-refractivity contribution in [2.45, 2.75) is 25.0 Å². The molecule has 32 heavy (non-hydrogen) atoms. The van der Waals surface area contributed by atoms with Crippen LogP contribution < -0.4 is 4.90 Å². The zero-order valence-corrected chi connectivity index (χ0v) is 17.3. The van der Waals surface area contributed by atoms with Crippen LogP contribution >= 0.6 is 0 Å². The number of nitrogens with zero attached hydrogens (tertiary/aromatic N) is 3. The van der Waals surface area contributed by atoms with Crippen molar-refractivity contribution in [3.05, 3.63) is 66.2 Å². The van der Waals surface area contributed by atoms with Crippen LogP contribution in [0.1, 0.15) is 18.5 Å². The third-order valence-electron chi connectivity index (χ3n) is 6.05. The summed E-state index contributed by atoms with van der Waals surface area (Å²) < 4.78 is 10.7. The molecule has 0 unspecified atom stereocenters. The number of hydrogen-bond donors (Lipinski definition) is 0. The number of cyclic esters (lactones) is 1. The second kappa shape index (κ2) is 7.76. The van der Waals surface area contributed by atoms with Crippen molar-refractivity contribution in [3.8, 4) is 0 Å². The lowest BCUT2D eigenvalue weighted by atomic mass is 9.94. The number of amides is 3. The van der Waals surface area contributed by atoms with Gasteiger partial charge in [-0.1, -0.05) is 48.5 Å². The monoisotopic (exact) mass is 435 g/mol. The maximum atomic E-state index is 13.5. The van der Waals surface area contributed by atoms with E-state index in [9.17, 15) is 19.2 Å². The molecule has 2 aromatic rings. The van der Waals surface area contributed by atoms with Gasteiger partial charge in [0.25, 0.3) is 5.91 Å². The van der Waals surface area contributed by atoms with Crippen LogP contribution in [0.15, 0.2) is 60.7 Å². The van der Waals surface area contributed by atoms with E-state index < -0.39 is 47.9 Å². The quantitative estimate of drug-likeness (QED) is 0.535. The number of hydrogen-bond acceptors (Lipinski definition) is 7. The lowest BCUT2D eigenvalue weighted by molar-refractivity contribution is -0.164. The Kier molecular flexibility index (Phi) is 4.90. The first kappa shape index (κ1) is 20.2. The Hall–Kier alpha value is -3.72. The van der Waals surface area contributed by atoms with Gasteiger partial charge in [0.2, 0.25) is 5.91 Å². The molecule has 3 aliphatic heterocycles. The fourth-order valence-electron chi connectivity index (χ4n) is 4.77. The topological polar surface area (TPSA) is 96.5 Å². The number of anilines is 1. The van der Waals surface area contributed by atoms with Crippen molar-refractivity contribution in [1.29, 1.82) is 0 Å². The number of benzene rings is 2. The summed E-state index contributed by atoms with van der Waals surface area (Å²) in [6.45, 7) is 1.75. The number of imide groups is 1. The molecular weight excluding hydrogens is 414 g/mol. The minimum absolute atomic E-state index is 0.0144. The van der Waals surface area contributed by atoms with Crippen LogP contribution in [-0.4, -0.2) is 59.2 Å². The highest BCUT2D eigenvalue weighted by Gasteiger charge is 2.68. The number of hydrazine groups is 1. The first-order chi connectivity index (χ1) is 15.5. The van der Waals surface area contributed by atoms with Crippen LogP contribution in [0.5, 0.6) is 0 Å². The number of para-hydroxylation sites is 1. The molecule has 0 radical (unpaired) electrons. The molecular formula is C23H21N3O6. The van der Waals surface area contributed by atoms with Gasteiger partial charge in [-0.2, -0.15) is 5.01 Å². The SMILES string of the molecule is CCOC(=O)[C@H]1[C@@H]2C(=O)N(c3ccccc3)C(=O)[C@@H]2N2C(=O)OC[C@@H](c3ccccc3)N12. The number of esters is 1. The largest absolute Gasteiger partial charge is 0.465 e. The molecule has 9 heteroatoms. The van der Waals surface area contributed by atoms with E-state index >= 15 is 0 Å². The van der Waals surface area contributed by atoms with E-state index in [0.717, 1.165) is 15.5 Å². The van der Waals surface area contributed by atoms with Crippen molar-refractivity contribution in [2.24, 2.45) is 5.92 Å². The van der Waals surface area contributed by atoms with Gasteiger partial charge in [0.1, 0.15) is 18.7 Å². The number of ether oxygens (including phenoxy) is 2. The van der Waals surface area contributed by atoms with Crippen LogP contribution in [0.25, 0.3) is 0 Å². The average Bonchev–Trinajstić information content (AvgIpc) is 3.29. The summed E-state index contributed by atoms with van der Waals surface area (Å²) in [6, 6.07) is 14.8. The van der Waals surface area contributed by atoms with E-state index in [1.54, 1.807) is 37.3 Å². The zero-order chi connectivity index (χ0) is 22.4. The minimum Gasteiger partial charge on any atom is -0.465 e. The van der Waals surface area contributed by atoms with E-state index in [1.165, 1.54) is 5.01 Å². The number of carbonyl (C=O) groups is 4. The van der Waals surface area contributed by atoms with Gasteiger partial charge in [0, 0.05) is 0 Å². The predicted octanol–water partition coefficient (Wildman–Crippen LogP) is 1.90. The van der Waals surface area contributed by atoms with E-state index in [2.05, 4.69) is 0 Å². The van der Waals surface area contributed by atoms with Crippen molar-refractivity contribution in [2.75, 3.05) is 18.1 Å². The summed E-state index contributed by atoms with van der Waals surface area (Å²) in [4.78, 5) is 53.9. The molecule has 3 amide bonds. The molecule has 2 aromatic carbocycles.